The number of carbonyl (C=O) groups excluding carboxylic acids is 2. The second-order valence-electron chi connectivity index (χ2n) is 5.06. The molecule has 0 aromatic heterocycles. The summed E-state index contributed by atoms with van der Waals surface area (Å²) in [6.45, 7) is 5.83. The molecule has 116 valence electrons. The summed E-state index contributed by atoms with van der Waals surface area (Å²) in [5, 5.41) is 3.09. The SMILES string of the molecule is CCOC(=O)[C@H](Nc1ccc(OC)cc1)[C@@H](C=O)C(C)C. The van der Waals surface area contributed by atoms with Gasteiger partial charge < -0.3 is 19.6 Å². The van der Waals surface area contributed by atoms with Crippen LogP contribution >= 0.6 is 0 Å². The average Bonchev–Trinajstić information content (AvgIpc) is 2.47. The van der Waals surface area contributed by atoms with Crippen molar-refractivity contribution in [2.45, 2.75) is 26.8 Å². The van der Waals surface area contributed by atoms with E-state index >= 15 is 0 Å². The molecule has 21 heavy (non-hydrogen) atoms. The van der Waals surface area contributed by atoms with Crippen LogP contribution in [0, 0.1) is 11.8 Å². The van der Waals surface area contributed by atoms with E-state index in [4.69, 9.17) is 9.47 Å². The van der Waals surface area contributed by atoms with Crippen molar-refractivity contribution in [1.29, 1.82) is 0 Å². The quantitative estimate of drug-likeness (QED) is 0.589. The van der Waals surface area contributed by atoms with Crippen LogP contribution in [0.25, 0.3) is 0 Å². The molecular formula is C16H23NO4. The van der Waals surface area contributed by atoms with E-state index in [-0.39, 0.29) is 12.5 Å². The molecule has 1 aromatic rings. The van der Waals surface area contributed by atoms with Gasteiger partial charge in [0.2, 0.25) is 0 Å². The molecule has 0 unspecified atom stereocenters. The van der Waals surface area contributed by atoms with E-state index in [1.165, 1.54) is 0 Å². The second kappa shape index (κ2) is 8.29. The summed E-state index contributed by atoms with van der Waals surface area (Å²) in [5.41, 5.74) is 0.737. The number of hydrogen-bond acceptors (Lipinski definition) is 5. The van der Waals surface area contributed by atoms with E-state index in [2.05, 4.69) is 5.32 Å². The number of ether oxygens (including phenoxy) is 2. The number of carbonyl (C=O) groups is 2. The Kier molecular flexibility index (Phi) is 6.72. The molecule has 0 spiro atoms. The first kappa shape index (κ1) is 17.0. The lowest BCUT2D eigenvalue weighted by molar-refractivity contribution is -0.146. The fraction of sp³-hybridized carbons (Fsp3) is 0.500. The van der Waals surface area contributed by atoms with Gasteiger partial charge in [0.1, 0.15) is 18.1 Å². The van der Waals surface area contributed by atoms with Crippen molar-refractivity contribution in [3.8, 4) is 5.75 Å². The van der Waals surface area contributed by atoms with Gasteiger partial charge in [0, 0.05) is 11.6 Å². The number of nitrogens with one attached hydrogen (secondary N) is 1. The highest BCUT2D eigenvalue weighted by Gasteiger charge is 2.31. The summed E-state index contributed by atoms with van der Waals surface area (Å²) in [6.07, 6.45) is 0.808. The van der Waals surface area contributed by atoms with Crippen molar-refractivity contribution in [1.82, 2.24) is 0 Å². The zero-order valence-electron chi connectivity index (χ0n) is 13.0. The largest absolute Gasteiger partial charge is 0.497 e. The minimum atomic E-state index is -0.698. The lowest BCUT2D eigenvalue weighted by Gasteiger charge is -2.26. The predicted molar refractivity (Wildman–Crippen MR) is 81.4 cm³/mol. The Morgan fingerprint density at radius 3 is 2.33 bits per heavy atom. The third-order valence-electron chi connectivity index (χ3n) is 3.26. The second-order valence-corrected chi connectivity index (χ2v) is 5.06. The number of benzene rings is 1. The van der Waals surface area contributed by atoms with Gasteiger partial charge in [0.15, 0.2) is 0 Å². The van der Waals surface area contributed by atoms with Crippen molar-refractivity contribution in [3.63, 3.8) is 0 Å². The molecule has 0 heterocycles. The van der Waals surface area contributed by atoms with Crippen molar-refractivity contribution in [3.05, 3.63) is 24.3 Å². The van der Waals surface area contributed by atoms with Crippen molar-refractivity contribution < 1.29 is 19.1 Å². The van der Waals surface area contributed by atoms with Gasteiger partial charge in [0.25, 0.3) is 0 Å². The van der Waals surface area contributed by atoms with Crippen molar-refractivity contribution >= 4 is 17.9 Å². The predicted octanol–water partition coefficient (Wildman–Crippen LogP) is 2.51. The van der Waals surface area contributed by atoms with Crippen LogP contribution in [0.3, 0.4) is 0 Å². The monoisotopic (exact) mass is 293 g/mol. The van der Waals surface area contributed by atoms with E-state index in [0.717, 1.165) is 17.7 Å². The van der Waals surface area contributed by atoms with E-state index < -0.39 is 17.9 Å². The summed E-state index contributed by atoms with van der Waals surface area (Å²) in [4.78, 5) is 23.4. The summed E-state index contributed by atoms with van der Waals surface area (Å²) < 4.78 is 10.2. The van der Waals surface area contributed by atoms with E-state index in [1.54, 1.807) is 38.3 Å². The van der Waals surface area contributed by atoms with Gasteiger partial charge in [-0.15, -0.1) is 0 Å². The first-order valence-corrected chi connectivity index (χ1v) is 7.06. The smallest absolute Gasteiger partial charge is 0.329 e. The molecule has 1 aromatic carbocycles. The van der Waals surface area contributed by atoms with E-state index in [1.807, 2.05) is 13.8 Å². The van der Waals surface area contributed by atoms with E-state index in [9.17, 15) is 9.59 Å². The fourth-order valence-corrected chi connectivity index (χ4v) is 2.03. The van der Waals surface area contributed by atoms with Crippen molar-refractivity contribution in [2.24, 2.45) is 11.8 Å². The summed E-state index contributed by atoms with van der Waals surface area (Å²) >= 11 is 0. The van der Waals surface area contributed by atoms with Crippen molar-refractivity contribution in [2.75, 3.05) is 19.0 Å². The highest BCUT2D eigenvalue weighted by molar-refractivity contribution is 5.83. The standard InChI is InChI=1S/C16H23NO4/c1-5-21-16(19)15(14(10-18)11(2)3)17-12-6-8-13(20-4)9-7-12/h6-11,14-15,17H,5H2,1-4H3/t14-,15+/m0/s1. The van der Waals surface area contributed by atoms with Crippen LogP contribution in [-0.4, -0.2) is 32.0 Å². The Morgan fingerprint density at radius 2 is 1.90 bits per heavy atom. The molecule has 0 fully saturated rings. The fourth-order valence-electron chi connectivity index (χ4n) is 2.03. The third kappa shape index (κ3) is 4.77. The average molecular weight is 293 g/mol. The lowest BCUT2D eigenvalue weighted by atomic mass is 9.89. The zero-order valence-corrected chi connectivity index (χ0v) is 13.0. The maximum atomic E-state index is 12.1. The first-order valence-electron chi connectivity index (χ1n) is 7.06. The Labute approximate surface area is 125 Å². The van der Waals surface area contributed by atoms with Gasteiger partial charge in [-0.1, -0.05) is 13.8 Å². The van der Waals surface area contributed by atoms with Crippen LogP contribution < -0.4 is 10.1 Å². The minimum absolute atomic E-state index is 0.0302. The molecule has 5 nitrogen and oxygen atoms in total. The van der Waals surface area contributed by atoms with Crippen LogP contribution in [0.2, 0.25) is 0 Å². The minimum Gasteiger partial charge on any atom is -0.497 e. The molecule has 2 atom stereocenters. The Balaban J connectivity index is 2.94. The molecule has 5 heteroatoms. The highest BCUT2D eigenvalue weighted by atomic mass is 16.5. The summed E-state index contributed by atoms with van der Waals surface area (Å²) in [7, 11) is 1.59. The number of aldehydes is 1. The van der Waals surface area contributed by atoms with Gasteiger partial charge in [0.05, 0.1) is 13.7 Å². The number of rotatable bonds is 8. The normalized spacial score (nSPS) is 13.4. The van der Waals surface area contributed by atoms with Gasteiger partial charge in [-0.25, -0.2) is 4.79 Å². The molecule has 0 aliphatic rings. The Morgan fingerprint density at radius 1 is 1.29 bits per heavy atom. The molecule has 1 rings (SSSR count). The van der Waals surface area contributed by atoms with Gasteiger partial charge in [-0.05, 0) is 37.1 Å². The van der Waals surface area contributed by atoms with E-state index in [0.29, 0.717) is 0 Å². The maximum absolute atomic E-state index is 12.1. The number of hydrogen-bond donors (Lipinski definition) is 1. The van der Waals surface area contributed by atoms with Gasteiger partial charge >= 0.3 is 5.97 Å². The molecule has 0 saturated carbocycles. The van der Waals surface area contributed by atoms with Crippen LogP contribution in [0.15, 0.2) is 24.3 Å². The number of anilines is 1. The molecule has 0 aliphatic heterocycles. The molecule has 0 radical (unpaired) electrons. The zero-order chi connectivity index (χ0) is 15.8. The van der Waals surface area contributed by atoms with Crippen LogP contribution in [0.1, 0.15) is 20.8 Å². The highest BCUT2D eigenvalue weighted by Crippen LogP contribution is 2.21. The molecule has 0 saturated heterocycles. The molecular weight excluding hydrogens is 270 g/mol. The summed E-state index contributed by atoms with van der Waals surface area (Å²) in [6, 6.07) is 6.47. The Bertz CT molecular complexity index is 456. The van der Waals surface area contributed by atoms with Crippen LogP contribution in [0.5, 0.6) is 5.75 Å². The van der Waals surface area contributed by atoms with Gasteiger partial charge in [-0.2, -0.15) is 0 Å². The molecule has 1 N–H and O–H groups in total. The molecule has 0 bridgehead atoms. The van der Waals surface area contributed by atoms with Crippen LogP contribution in [-0.2, 0) is 14.3 Å². The molecule has 0 amide bonds. The lowest BCUT2D eigenvalue weighted by Crippen LogP contribution is -2.41. The maximum Gasteiger partial charge on any atom is 0.329 e. The molecule has 0 aliphatic carbocycles. The first-order chi connectivity index (χ1) is 10.0. The third-order valence-corrected chi connectivity index (χ3v) is 3.26. The van der Waals surface area contributed by atoms with Gasteiger partial charge in [-0.3, -0.25) is 0 Å². The Hall–Kier alpha value is -2.04. The number of esters is 1. The van der Waals surface area contributed by atoms with Crippen LogP contribution in [0.4, 0.5) is 5.69 Å². The summed E-state index contributed by atoms with van der Waals surface area (Å²) in [5.74, 6) is -0.114. The number of methoxy groups -OCH3 is 1. The topological polar surface area (TPSA) is 64.6 Å².